The lowest BCUT2D eigenvalue weighted by atomic mass is 10.1. The van der Waals surface area contributed by atoms with E-state index in [4.69, 9.17) is 10.5 Å². The molecule has 0 aromatic heterocycles. The normalized spacial score (nSPS) is 20.3. The van der Waals surface area contributed by atoms with Crippen molar-refractivity contribution in [3.8, 4) is 0 Å². The second-order valence-electron chi connectivity index (χ2n) is 5.77. The zero-order chi connectivity index (χ0) is 16.5. The van der Waals surface area contributed by atoms with Gasteiger partial charge in [-0.05, 0) is 31.2 Å². The fraction of sp³-hybridized carbons (Fsp3) is 0.529. The van der Waals surface area contributed by atoms with E-state index in [0.717, 1.165) is 18.4 Å². The Morgan fingerprint density at radius 2 is 1.96 bits per heavy atom. The predicted octanol–water partition coefficient (Wildman–Crippen LogP) is 1.64. The molecule has 6 heteroatoms. The molecule has 3 N–H and O–H groups in total. The number of hydrogen-bond acceptors (Lipinski definition) is 4. The average Bonchev–Trinajstić information content (AvgIpc) is 2.61. The molecule has 2 amide bonds. The number of benzene rings is 1. The number of ether oxygens (including phenoxy) is 1. The van der Waals surface area contributed by atoms with Gasteiger partial charge in [0, 0.05) is 19.6 Å². The van der Waals surface area contributed by atoms with Gasteiger partial charge in [0.2, 0.25) is 5.91 Å². The number of nitrogens with one attached hydrogen (secondary N) is 1. The molecule has 0 saturated carbocycles. The van der Waals surface area contributed by atoms with Crippen molar-refractivity contribution in [3.63, 3.8) is 0 Å². The summed E-state index contributed by atoms with van der Waals surface area (Å²) in [4.78, 5) is 25.6. The molecule has 0 radical (unpaired) electrons. The standard InChI is InChI=1S/C17H25N3O3/c18-15-9-4-5-11-20(12-6-10-19-16(15)21)17(22)23-13-14-7-2-1-3-8-14/h1-3,7-8,15H,4-6,9-13,18H2,(H,19,21). The minimum Gasteiger partial charge on any atom is -0.445 e. The van der Waals surface area contributed by atoms with Crippen LogP contribution in [0, 0.1) is 0 Å². The largest absolute Gasteiger partial charge is 0.445 e. The molecule has 1 aromatic rings. The summed E-state index contributed by atoms with van der Waals surface area (Å²) >= 11 is 0. The highest BCUT2D eigenvalue weighted by Crippen LogP contribution is 2.08. The molecule has 1 atom stereocenters. The Morgan fingerprint density at radius 1 is 1.22 bits per heavy atom. The summed E-state index contributed by atoms with van der Waals surface area (Å²) < 4.78 is 5.38. The molecule has 1 aliphatic rings. The number of nitrogens with two attached hydrogens (primary N) is 1. The van der Waals surface area contributed by atoms with Crippen LogP contribution >= 0.6 is 0 Å². The fourth-order valence-electron chi connectivity index (χ4n) is 2.52. The molecule has 1 aromatic carbocycles. The number of rotatable bonds is 2. The smallest absolute Gasteiger partial charge is 0.410 e. The summed E-state index contributed by atoms with van der Waals surface area (Å²) in [5, 5.41) is 2.80. The van der Waals surface area contributed by atoms with Gasteiger partial charge in [0.1, 0.15) is 6.61 Å². The van der Waals surface area contributed by atoms with E-state index in [0.29, 0.717) is 32.5 Å². The van der Waals surface area contributed by atoms with Gasteiger partial charge in [0.15, 0.2) is 0 Å². The van der Waals surface area contributed by atoms with Crippen molar-refractivity contribution >= 4 is 12.0 Å². The summed E-state index contributed by atoms with van der Waals surface area (Å²) in [5.41, 5.74) is 6.78. The number of hydrogen-bond donors (Lipinski definition) is 2. The highest BCUT2D eigenvalue weighted by atomic mass is 16.6. The van der Waals surface area contributed by atoms with Crippen LogP contribution in [-0.4, -0.2) is 42.6 Å². The molecular formula is C17H25N3O3. The van der Waals surface area contributed by atoms with E-state index >= 15 is 0 Å². The Kier molecular flexibility index (Phi) is 6.87. The van der Waals surface area contributed by atoms with Crippen LogP contribution < -0.4 is 11.1 Å². The van der Waals surface area contributed by atoms with Crippen molar-refractivity contribution in [1.82, 2.24) is 10.2 Å². The van der Waals surface area contributed by atoms with Crippen LogP contribution in [0.3, 0.4) is 0 Å². The highest BCUT2D eigenvalue weighted by Gasteiger charge is 2.18. The first-order valence-electron chi connectivity index (χ1n) is 8.16. The lowest BCUT2D eigenvalue weighted by Crippen LogP contribution is -2.41. The molecule has 1 fully saturated rings. The molecule has 0 spiro atoms. The van der Waals surface area contributed by atoms with E-state index in [9.17, 15) is 9.59 Å². The zero-order valence-corrected chi connectivity index (χ0v) is 13.4. The molecule has 1 aliphatic heterocycles. The first-order chi connectivity index (χ1) is 11.2. The third-order valence-corrected chi connectivity index (χ3v) is 3.90. The third-order valence-electron chi connectivity index (χ3n) is 3.90. The van der Waals surface area contributed by atoms with Crippen LogP contribution in [0.5, 0.6) is 0 Å². The van der Waals surface area contributed by atoms with E-state index in [1.807, 2.05) is 30.3 Å². The van der Waals surface area contributed by atoms with Gasteiger partial charge in [-0.2, -0.15) is 0 Å². The lowest BCUT2D eigenvalue weighted by molar-refractivity contribution is -0.122. The SMILES string of the molecule is NC1CCCCN(C(=O)OCc2ccccc2)CCCNC1=O. The molecule has 126 valence electrons. The van der Waals surface area contributed by atoms with Crippen LogP contribution in [-0.2, 0) is 16.1 Å². The number of carbonyl (C=O) groups is 2. The first kappa shape index (κ1) is 17.3. The average molecular weight is 319 g/mol. The third kappa shape index (κ3) is 5.90. The summed E-state index contributed by atoms with van der Waals surface area (Å²) in [5.74, 6) is -0.106. The molecule has 0 bridgehead atoms. The Morgan fingerprint density at radius 3 is 2.74 bits per heavy atom. The Bertz CT molecular complexity index is 507. The minimum atomic E-state index is -0.452. The summed E-state index contributed by atoms with van der Waals surface area (Å²) in [7, 11) is 0. The van der Waals surface area contributed by atoms with Crippen LogP contribution in [0.25, 0.3) is 0 Å². The van der Waals surface area contributed by atoms with Gasteiger partial charge >= 0.3 is 6.09 Å². The van der Waals surface area contributed by atoms with Crippen LogP contribution in [0.2, 0.25) is 0 Å². The van der Waals surface area contributed by atoms with Gasteiger partial charge in [-0.1, -0.05) is 30.3 Å². The molecule has 0 aliphatic carbocycles. The quantitative estimate of drug-likeness (QED) is 0.868. The molecule has 1 saturated heterocycles. The van der Waals surface area contributed by atoms with Gasteiger partial charge in [0.05, 0.1) is 6.04 Å². The van der Waals surface area contributed by atoms with Crippen LogP contribution in [0.1, 0.15) is 31.2 Å². The van der Waals surface area contributed by atoms with Crippen LogP contribution in [0.4, 0.5) is 4.79 Å². The second-order valence-corrected chi connectivity index (χ2v) is 5.77. The van der Waals surface area contributed by atoms with Crippen molar-refractivity contribution in [3.05, 3.63) is 35.9 Å². The fourth-order valence-corrected chi connectivity index (χ4v) is 2.52. The summed E-state index contributed by atoms with van der Waals surface area (Å²) in [6, 6.07) is 9.17. The Balaban J connectivity index is 1.84. The molecule has 23 heavy (non-hydrogen) atoms. The van der Waals surface area contributed by atoms with Gasteiger partial charge in [0.25, 0.3) is 0 Å². The van der Waals surface area contributed by atoms with Gasteiger partial charge < -0.3 is 20.7 Å². The van der Waals surface area contributed by atoms with Crippen molar-refractivity contribution in [1.29, 1.82) is 0 Å². The maximum Gasteiger partial charge on any atom is 0.410 e. The number of carbonyl (C=O) groups excluding carboxylic acids is 2. The zero-order valence-electron chi connectivity index (χ0n) is 13.4. The van der Waals surface area contributed by atoms with E-state index in [-0.39, 0.29) is 18.6 Å². The van der Waals surface area contributed by atoms with Gasteiger partial charge in [-0.3, -0.25) is 4.79 Å². The number of amides is 2. The van der Waals surface area contributed by atoms with E-state index in [1.165, 1.54) is 0 Å². The van der Waals surface area contributed by atoms with Crippen molar-refractivity contribution in [2.75, 3.05) is 19.6 Å². The van der Waals surface area contributed by atoms with Crippen LogP contribution in [0.15, 0.2) is 30.3 Å². The first-order valence-corrected chi connectivity index (χ1v) is 8.16. The van der Waals surface area contributed by atoms with Crippen molar-refractivity contribution in [2.45, 2.75) is 38.3 Å². The Hall–Kier alpha value is -2.08. The minimum absolute atomic E-state index is 0.106. The summed E-state index contributed by atoms with van der Waals surface area (Å²) in [6.45, 7) is 2.00. The molecule has 6 nitrogen and oxygen atoms in total. The van der Waals surface area contributed by atoms with Gasteiger partial charge in [-0.25, -0.2) is 4.79 Å². The topological polar surface area (TPSA) is 84.7 Å². The maximum absolute atomic E-state index is 12.2. The molecule has 2 rings (SSSR count). The molecular weight excluding hydrogens is 294 g/mol. The monoisotopic (exact) mass is 319 g/mol. The van der Waals surface area contributed by atoms with E-state index < -0.39 is 6.04 Å². The van der Waals surface area contributed by atoms with E-state index in [1.54, 1.807) is 4.90 Å². The van der Waals surface area contributed by atoms with E-state index in [2.05, 4.69) is 5.32 Å². The maximum atomic E-state index is 12.2. The molecule has 1 heterocycles. The van der Waals surface area contributed by atoms with Crippen molar-refractivity contribution in [2.24, 2.45) is 5.73 Å². The second kappa shape index (κ2) is 9.15. The van der Waals surface area contributed by atoms with Gasteiger partial charge in [-0.15, -0.1) is 0 Å². The number of nitrogens with zero attached hydrogens (tertiary/aromatic N) is 1. The Labute approximate surface area is 137 Å². The van der Waals surface area contributed by atoms with Crippen molar-refractivity contribution < 1.29 is 14.3 Å². The highest BCUT2D eigenvalue weighted by molar-refractivity contribution is 5.81. The summed E-state index contributed by atoms with van der Waals surface area (Å²) in [6.07, 6.45) is 2.67. The predicted molar refractivity (Wildman–Crippen MR) is 87.7 cm³/mol. The lowest BCUT2D eigenvalue weighted by Gasteiger charge is -2.22. The molecule has 1 unspecified atom stereocenters.